The van der Waals surface area contributed by atoms with Crippen molar-refractivity contribution in [1.29, 1.82) is 0 Å². The zero-order valence-electron chi connectivity index (χ0n) is 12.6. The van der Waals surface area contributed by atoms with Crippen LogP contribution < -0.4 is 5.32 Å². The first-order chi connectivity index (χ1) is 11.2. The van der Waals surface area contributed by atoms with Gasteiger partial charge in [0.05, 0.1) is 0 Å². The summed E-state index contributed by atoms with van der Waals surface area (Å²) in [5, 5.41) is 21.9. The molecular formula is C18H18BNO3. The van der Waals surface area contributed by atoms with Crippen LogP contribution in [0.4, 0.5) is 5.69 Å². The van der Waals surface area contributed by atoms with E-state index in [1.807, 2.05) is 72.8 Å². The van der Waals surface area contributed by atoms with E-state index in [0.717, 1.165) is 16.8 Å². The molecular weight excluding hydrogens is 289 g/mol. The summed E-state index contributed by atoms with van der Waals surface area (Å²) in [4.78, 5) is 0. The van der Waals surface area contributed by atoms with Gasteiger partial charge in [0.15, 0.2) is 5.72 Å². The highest BCUT2D eigenvalue weighted by Crippen LogP contribution is 2.32. The summed E-state index contributed by atoms with van der Waals surface area (Å²) < 4.78 is 5.34. The Morgan fingerprint density at radius 3 is 2.39 bits per heavy atom. The molecule has 0 amide bonds. The molecule has 1 aliphatic carbocycles. The smallest absolute Gasteiger partial charge is 0.402 e. The third-order valence-electron chi connectivity index (χ3n) is 3.71. The van der Waals surface area contributed by atoms with Crippen molar-refractivity contribution >= 4 is 13.0 Å². The molecule has 1 atom stereocenters. The molecule has 0 bridgehead atoms. The van der Waals surface area contributed by atoms with Crippen LogP contribution in [-0.4, -0.2) is 23.1 Å². The Labute approximate surface area is 135 Å². The van der Waals surface area contributed by atoms with E-state index in [0.29, 0.717) is 6.42 Å². The van der Waals surface area contributed by atoms with Crippen LogP contribution in [0.25, 0.3) is 11.1 Å². The fourth-order valence-electron chi connectivity index (χ4n) is 2.69. The Morgan fingerprint density at radius 2 is 1.70 bits per heavy atom. The molecule has 0 aliphatic heterocycles. The number of benzene rings is 2. The Kier molecular flexibility index (Phi) is 4.62. The zero-order valence-corrected chi connectivity index (χ0v) is 12.6. The Bertz CT molecular complexity index is 715. The Hall–Kier alpha value is -2.34. The third kappa shape index (κ3) is 3.71. The molecule has 23 heavy (non-hydrogen) atoms. The molecule has 3 N–H and O–H groups in total. The van der Waals surface area contributed by atoms with Crippen molar-refractivity contribution in [1.82, 2.24) is 0 Å². The summed E-state index contributed by atoms with van der Waals surface area (Å²) in [6.45, 7) is 0. The van der Waals surface area contributed by atoms with Crippen LogP contribution in [0.15, 0.2) is 78.9 Å². The predicted octanol–water partition coefficient (Wildman–Crippen LogP) is 2.96. The van der Waals surface area contributed by atoms with Crippen LogP contribution in [0, 0.1) is 0 Å². The first kappa shape index (κ1) is 15.6. The first-order valence-corrected chi connectivity index (χ1v) is 7.49. The summed E-state index contributed by atoms with van der Waals surface area (Å²) in [5.41, 5.74) is 1.96. The number of rotatable bonds is 5. The van der Waals surface area contributed by atoms with Gasteiger partial charge in [0.1, 0.15) is 0 Å². The van der Waals surface area contributed by atoms with Crippen molar-refractivity contribution in [2.75, 3.05) is 5.32 Å². The maximum Gasteiger partial charge on any atom is 0.635 e. The van der Waals surface area contributed by atoms with E-state index in [9.17, 15) is 10.0 Å². The Balaban J connectivity index is 1.95. The van der Waals surface area contributed by atoms with Gasteiger partial charge in [-0.05, 0) is 17.7 Å². The van der Waals surface area contributed by atoms with E-state index < -0.39 is 13.0 Å². The average molecular weight is 307 g/mol. The molecule has 5 heteroatoms. The number of nitrogens with one attached hydrogen (secondary N) is 1. The lowest BCUT2D eigenvalue weighted by Crippen LogP contribution is -2.44. The molecule has 116 valence electrons. The van der Waals surface area contributed by atoms with Crippen LogP contribution in [-0.2, 0) is 4.65 Å². The zero-order chi connectivity index (χ0) is 16.1. The fourth-order valence-corrected chi connectivity index (χ4v) is 2.69. The van der Waals surface area contributed by atoms with Gasteiger partial charge >= 0.3 is 7.32 Å². The van der Waals surface area contributed by atoms with Gasteiger partial charge in [0, 0.05) is 17.7 Å². The van der Waals surface area contributed by atoms with Crippen LogP contribution >= 0.6 is 0 Å². The lowest BCUT2D eigenvalue weighted by Gasteiger charge is -2.34. The summed E-state index contributed by atoms with van der Waals surface area (Å²) in [6, 6.07) is 17.9. The Morgan fingerprint density at radius 1 is 0.957 bits per heavy atom. The van der Waals surface area contributed by atoms with Crippen molar-refractivity contribution in [3.05, 3.63) is 78.9 Å². The van der Waals surface area contributed by atoms with Crippen molar-refractivity contribution in [2.24, 2.45) is 0 Å². The van der Waals surface area contributed by atoms with Crippen molar-refractivity contribution < 1.29 is 14.7 Å². The maximum absolute atomic E-state index is 9.27. The van der Waals surface area contributed by atoms with E-state index in [2.05, 4.69) is 5.32 Å². The molecule has 0 spiro atoms. The monoisotopic (exact) mass is 307 g/mol. The van der Waals surface area contributed by atoms with Gasteiger partial charge in [-0.3, -0.25) is 0 Å². The quantitative estimate of drug-likeness (QED) is 0.587. The number of allylic oxidation sites excluding steroid dienone is 2. The molecule has 0 saturated heterocycles. The molecule has 1 unspecified atom stereocenters. The first-order valence-electron chi connectivity index (χ1n) is 7.49. The average Bonchev–Trinajstić information content (AvgIpc) is 2.56. The minimum atomic E-state index is -1.86. The molecule has 0 heterocycles. The second-order valence-electron chi connectivity index (χ2n) is 5.36. The van der Waals surface area contributed by atoms with Gasteiger partial charge < -0.3 is 20.0 Å². The molecule has 2 aromatic rings. The molecule has 0 radical (unpaired) electrons. The number of para-hydroxylation sites is 1. The SMILES string of the molecule is OB(O)OC1(Nc2ccccc2-c2ccccc2)C=CC=CC1. The van der Waals surface area contributed by atoms with Gasteiger partial charge in [0.2, 0.25) is 0 Å². The molecule has 4 nitrogen and oxygen atoms in total. The number of hydrogen-bond acceptors (Lipinski definition) is 4. The molecule has 0 saturated carbocycles. The summed E-state index contributed by atoms with van der Waals surface area (Å²) in [6.07, 6.45) is 7.92. The summed E-state index contributed by atoms with van der Waals surface area (Å²) in [7, 11) is -1.86. The number of hydrogen-bond donors (Lipinski definition) is 3. The molecule has 0 aromatic heterocycles. The van der Waals surface area contributed by atoms with Crippen LogP contribution in [0.3, 0.4) is 0 Å². The van der Waals surface area contributed by atoms with Gasteiger partial charge in [0.25, 0.3) is 0 Å². The van der Waals surface area contributed by atoms with E-state index in [1.165, 1.54) is 0 Å². The molecule has 0 fully saturated rings. The van der Waals surface area contributed by atoms with Crippen LogP contribution in [0.2, 0.25) is 0 Å². The second-order valence-corrected chi connectivity index (χ2v) is 5.36. The predicted molar refractivity (Wildman–Crippen MR) is 92.4 cm³/mol. The highest BCUT2D eigenvalue weighted by atomic mass is 16.6. The topological polar surface area (TPSA) is 61.7 Å². The fraction of sp³-hybridized carbons (Fsp3) is 0.111. The van der Waals surface area contributed by atoms with E-state index in [4.69, 9.17) is 4.65 Å². The largest absolute Gasteiger partial charge is 0.635 e. The normalized spacial score (nSPS) is 19.6. The molecule has 1 aliphatic rings. The molecule has 2 aromatic carbocycles. The molecule has 3 rings (SSSR count). The van der Waals surface area contributed by atoms with Gasteiger partial charge in [-0.15, -0.1) is 0 Å². The highest BCUT2D eigenvalue weighted by Gasteiger charge is 2.33. The van der Waals surface area contributed by atoms with E-state index in [-0.39, 0.29) is 0 Å². The minimum absolute atomic E-state index is 0.490. The lowest BCUT2D eigenvalue weighted by molar-refractivity contribution is 0.0813. The minimum Gasteiger partial charge on any atom is -0.402 e. The maximum atomic E-state index is 9.27. The third-order valence-corrected chi connectivity index (χ3v) is 3.71. The van der Waals surface area contributed by atoms with E-state index in [1.54, 1.807) is 6.08 Å². The van der Waals surface area contributed by atoms with Crippen molar-refractivity contribution in [2.45, 2.75) is 12.1 Å². The van der Waals surface area contributed by atoms with Crippen LogP contribution in [0.1, 0.15) is 6.42 Å². The van der Waals surface area contributed by atoms with Crippen molar-refractivity contribution in [3.8, 4) is 11.1 Å². The standard InChI is InChI=1S/C18H18BNO3/c21-19(22)23-18(13-7-2-8-14-18)20-17-12-6-5-11-16(17)15-9-3-1-4-10-15/h1-13,20-22H,14H2. The number of anilines is 1. The second kappa shape index (κ2) is 6.83. The van der Waals surface area contributed by atoms with Crippen molar-refractivity contribution in [3.63, 3.8) is 0 Å². The van der Waals surface area contributed by atoms with Crippen LogP contribution in [0.5, 0.6) is 0 Å². The highest BCUT2D eigenvalue weighted by molar-refractivity contribution is 6.32. The van der Waals surface area contributed by atoms with Gasteiger partial charge in [-0.1, -0.05) is 66.8 Å². The van der Waals surface area contributed by atoms with Gasteiger partial charge in [-0.25, -0.2) is 0 Å². The summed E-state index contributed by atoms with van der Waals surface area (Å²) in [5.74, 6) is 0. The lowest BCUT2D eigenvalue weighted by atomic mass is 9.99. The van der Waals surface area contributed by atoms with Gasteiger partial charge in [-0.2, -0.15) is 0 Å². The summed E-state index contributed by atoms with van der Waals surface area (Å²) >= 11 is 0. The van der Waals surface area contributed by atoms with E-state index >= 15 is 0 Å².